The van der Waals surface area contributed by atoms with Gasteiger partial charge in [0.1, 0.15) is 12.4 Å². The highest BCUT2D eigenvalue weighted by atomic mass is 127. The van der Waals surface area contributed by atoms with Gasteiger partial charge in [-0.1, -0.05) is 31.5 Å². The van der Waals surface area contributed by atoms with Crippen LogP contribution in [0.25, 0.3) is 0 Å². The fourth-order valence-corrected chi connectivity index (χ4v) is 2.99. The lowest BCUT2D eigenvalue weighted by atomic mass is 10.1. The second-order valence-electron chi connectivity index (χ2n) is 5.06. The molecule has 0 unspecified atom stereocenters. The topological polar surface area (TPSA) is 35.5 Å². The highest BCUT2D eigenvalue weighted by molar-refractivity contribution is 14.1. The third-order valence-corrected chi connectivity index (χ3v) is 4.80. The molecule has 6 heteroatoms. The first-order valence-electron chi connectivity index (χ1n) is 7.55. The van der Waals surface area contributed by atoms with E-state index in [9.17, 15) is 9.18 Å². The Bertz CT molecular complexity index is 749. The van der Waals surface area contributed by atoms with E-state index in [0.29, 0.717) is 22.8 Å². The van der Waals surface area contributed by atoms with Crippen molar-refractivity contribution in [1.29, 1.82) is 0 Å². The molecule has 0 spiro atoms. The van der Waals surface area contributed by atoms with Crippen LogP contribution in [0, 0.1) is 9.39 Å². The molecule has 24 heavy (non-hydrogen) atoms. The molecule has 0 N–H and O–H groups in total. The number of esters is 1. The molecule has 0 aliphatic carbocycles. The Morgan fingerprint density at radius 3 is 2.67 bits per heavy atom. The van der Waals surface area contributed by atoms with Crippen molar-refractivity contribution in [2.45, 2.75) is 33.3 Å². The van der Waals surface area contributed by atoms with Gasteiger partial charge >= 0.3 is 5.97 Å². The van der Waals surface area contributed by atoms with Gasteiger partial charge in [0, 0.05) is 26.6 Å². The summed E-state index contributed by atoms with van der Waals surface area (Å²) in [6, 6.07) is 8.20. The molecule has 0 saturated carbocycles. The average molecular weight is 463 g/mol. The molecule has 0 saturated heterocycles. The maximum atomic E-state index is 14.1. The van der Waals surface area contributed by atoms with Gasteiger partial charge in [-0.25, -0.2) is 4.39 Å². The van der Waals surface area contributed by atoms with Crippen LogP contribution in [0.3, 0.4) is 0 Å². The lowest BCUT2D eigenvalue weighted by Gasteiger charge is -2.14. The predicted molar refractivity (Wildman–Crippen MR) is 100 cm³/mol. The van der Waals surface area contributed by atoms with E-state index in [1.807, 2.05) is 13.0 Å². The molecule has 0 heterocycles. The number of hydrogen-bond donors (Lipinski definition) is 0. The van der Waals surface area contributed by atoms with Crippen molar-refractivity contribution >= 4 is 40.2 Å². The summed E-state index contributed by atoms with van der Waals surface area (Å²) in [6.07, 6.45) is 0.915. The third kappa shape index (κ3) is 4.60. The number of carbonyl (C=O) groups is 1. The maximum absolute atomic E-state index is 14.1. The molecule has 2 aromatic rings. The first-order chi connectivity index (χ1) is 11.5. The summed E-state index contributed by atoms with van der Waals surface area (Å²) in [5.74, 6) is -0.302. The van der Waals surface area contributed by atoms with Gasteiger partial charge in [-0.05, 0) is 52.8 Å². The lowest BCUT2D eigenvalue weighted by Crippen LogP contribution is -2.10. The van der Waals surface area contributed by atoms with Crippen molar-refractivity contribution in [2.24, 2.45) is 0 Å². The Kier molecular flexibility index (Phi) is 6.86. The van der Waals surface area contributed by atoms with Crippen molar-refractivity contribution in [3.8, 4) is 11.5 Å². The van der Waals surface area contributed by atoms with Crippen LogP contribution in [0.15, 0.2) is 30.3 Å². The smallest absolute Gasteiger partial charge is 0.310 e. The lowest BCUT2D eigenvalue weighted by molar-refractivity contribution is -0.134. The summed E-state index contributed by atoms with van der Waals surface area (Å²) in [5.41, 5.74) is 1.42. The van der Waals surface area contributed by atoms with Gasteiger partial charge in [0.05, 0.1) is 0 Å². The highest BCUT2D eigenvalue weighted by Gasteiger charge is 2.14. The van der Waals surface area contributed by atoms with Crippen LogP contribution in [-0.2, 0) is 17.8 Å². The SMILES string of the molecule is CCC(=O)Oc1cccc(I)c1COc1cc(Cl)c(CC)cc1F. The van der Waals surface area contributed by atoms with Gasteiger partial charge in [-0.15, -0.1) is 0 Å². The van der Waals surface area contributed by atoms with E-state index < -0.39 is 5.82 Å². The number of carbonyl (C=O) groups excluding carboxylic acids is 1. The van der Waals surface area contributed by atoms with E-state index in [4.69, 9.17) is 21.1 Å². The molecule has 2 aromatic carbocycles. The number of halogens is 3. The molecular formula is C18H17ClFIO3. The van der Waals surface area contributed by atoms with Gasteiger partial charge in [0.25, 0.3) is 0 Å². The average Bonchev–Trinajstić information content (AvgIpc) is 2.56. The zero-order valence-corrected chi connectivity index (χ0v) is 16.3. The van der Waals surface area contributed by atoms with E-state index in [1.54, 1.807) is 19.1 Å². The summed E-state index contributed by atoms with van der Waals surface area (Å²) in [7, 11) is 0. The molecule has 0 aliphatic rings. The Hall–Kier alpha value is -1.34. The first-order valence-corrected chi connectivity index (χ1v) is 9.00. The van der Waals surface area contributed by atoms with E-state index in [2.05, 4.69) is 22.6 Å². The summed E-state index contributed by atoms with van der Waals surface area (Å²) >= 11 is 8.24. The second kappa shape index (κ2) is 8.67. The van der Waals surface area contributed by atoms with Crippen LogP contribution in [0.1, 0.15) is 31.4 Å². The van der Waals surface area contributed by atoms with Crippen molar-refractivity contribution < 1.29 is 18.7 Å². The van der Waals surface area contributed by atoms with Gasteiger partial charge in [0.2, 0.25) is 0 Å². The van der Waals surface area contributed by atoms with E-state index in [1.165, 1.54) is 12.1 Å². The highest BCUT2D eigenvalue weighted by Crippen LogP contribution is 2.30. The van der Waals surface area contributed by atoms with Gasteiger partial charge in [0.15, 0.2) is 11.6 Å². The number of aryl methyl sites for hydroxylation is 1. The minimum absolute atomic E-state index is 0.0736. The molecule has 3 nitrogen and oxygen atoms in total. The Labute approximate surface area is 159 Å². The standard InChI is InChI=1S/C18H17ClFIO3/c1-3-11-8-14(20)17(9-13(11)19)23-10-12-15(21)6-5-7-16(12)24-18(22)4-2/h5-9H,3-4,10H2,1-2H3. The summed E-state index contributed by atoms with van der Waals surface area (Å²) in [6.45, 7) is 3.70. The molecule has 0 atom stereocenters. The Balaban J connectivity index is 2.23. The number of ether oxygens (including phenoxy) is 2. The Morgan fingerprint density at radius 1 is 1.25 bits per heavy atom. The number of rotatable bonds is 6. The quantitative estimate of drug-likeness (QED) is 0.321. The number of hydrogen-bond acceptors (Lipinski definition) is 3. The fourth-order valence-electron chi connectivity index (χ4n) is 2.07. The molecule has 0 aromatic heterocycles. The molecular weight excluding hydrogens is 446 g/mol. The van der Waals surface area contributed by atoms with Crippen molar-refractivity contribution in [2.75, 3.05) is 0 Å². The van der Waals surface area contributed by atoms with Crippen LogP contribution in [0.5, 0.6) is 11.5 Å². The molecule has 0 amide bonds. The fraction of sp³-hybridized carbons (Fsp3) is 0.278. The monoisotopic (exact) mass is 462 g/mol. The summed E-state index contributed by atoms with van der Waals surface area (Å²) in [4.78, 5) is 11.5. The van der Waals surface area contributed by atoms with Crippen molar-refractivity contribution in [3.05, 3.63) is 55.9 Å². The van der Waals surface area contributed by atoms with E-state index >= 15 is 0 Å². The largest absolute Gasteiger partial charge is 0.486 e. The normalized spacial score (nSPS) is 10.5. The van der Waals surface area contributed by atoms with E-state index in [-0.39, 0.29) is 24.7 Å². The van der Waals surface area contributed by atoms with Crippen LogP contribution in [0.2, 0.25) is 5.02 Å². The molecule has 128 valence electrons. The second-order valence-corrected chi connectivity index (χ2v) is 6.63. The summed E-state index contributed by atoms with van der Waals surface area (Å²) in [5, 5.41) is 0.467. The predicted octanol–water partition coefficient (Wildman–Crippen LogP) is 5.54. The zero-order chi connectivity index (χ0) is 17.7. The first kappa shape index (κ1) is 19.0. The minimum atomic E-state index is -0.464. The minimum Gasteiger partial charge on any atom is -0.486 e. The molecule has 0 aliphatic heterocycles. The van der Waals surface area contributed by atoms with Crippen LogP contribution in [0.4, 0.5) is 4.39 Å². The van der Waals surface area contributed by atoms with Crippen molar-refractivity contribution in [3.63, 3.8) is 0 Å². The van der Waals surface area contributed by atoms with E-state index in [0.717, 1.165) is 9.13 Å². The molecule has 2 rings (SSSR count). The zero-order valence-electron chi connectivity index (χ0n) is 13.4. The Morgan fingerprint density at radius 2 is 2.00 bits per heavy atom. The molecule has 0 bridgehead atoms. The summed E-state index contributed by atoms with van der Waals surface area (Å²) < 4.78 is 25.9. The molecule has 0 fully saturated rings. The third-order valence-electron chi connectivity index (χ3n) is 3.44. The van der Waals surface area contributed by atoms with Gasteiger partial charge in [-0.2, -0.15) is 0 Å². The maximum Gasteiger partial charge on any atom is 0.310 e. The van der Waals surface area contributed by atoms with Crippen LogP contribution in [-0.4, -0.2) is 5.97 Å². The van der Waals surface area contributed by atoms with Crippen LogP contribution < -0.4 is 9.47 Å². The van der Waals surface area contributed by atoms with Crippen molar-refractivity contribution in [1.82, 2.24) is 0 Å². The number of benzene rings is 2. The van der Waals surface area contributed by atoms with Gasteiger partial charge in [-0.3, -0.25) is 4.79 Å². The van der Waals surface area contributed by atoms with Crippen LogP contribution >= 0.6 is 34.2 Å². The van der Waals surface area contributed by atoms with Gasteiger partial charge < -0.3 is 9.47 Å². The molecule has 0 radical (unpaired) electrons.